The first-order valence-corrected chi connectivity index (χ1v) is 14.3. The summed E-state index contributed by atoms with van der Waals surface area (Å²) in [6.07, 6.45) is -3.04. The fourth-order valence-electron chi connectivity index (χ4n) is 4.82. The molecule has 0 spiro atoms. The predicted octanol–water partition coefficient (Wildman–Crippen LogP) is 4.43. The summed E-state index contributed by atoms with van der Waals surface area (Å²) in [4.78, 5) is 41.7. The van der Waals surface area contributed by atoms with Crippen molar-refractivity contribution in [3.05, 3.63) is 41.0 Å². The minimum absolute atomic E-state index is 0.0406. The second-order valence-corrected chi connectivity index (χ2v) is 11.0. The number of piperazine rings is 2. The van der Waals surface area contributed by atoms with E-state index in [0.29, 0.717) is 68.9 Å². The number of amides is 2. The maximum atomic E-state index is 13.1. The Hall–Kier alpha value is -2.73. The maximum absolute atomic E-state index is 13.1. The number of carbonyl (C=O) groups excluding carboxylic acids is 2. The summed E-state index contributed by atoms with van der Waals surface area (Å²) in [6, 6.07) is 6.98. The van der Waals surface area contributed by atoms with Gasteiger partial charge in [0.1, 0.15) is 11.0 Å². The minimum atomic E-state index is -4.40. The molecule has 2 aliphatic heterocycles. The number of hydrogen-bond donors (Lipinski definition) is 0. The third kappa shape index (κ3) is 7.47. The molecule has 212 valence electrons. The summed E-state index contributed by atoms with van der Waals surface area (Å²) in [5.41, 5.74) is -0.187. The Balaban J connectivity index is 1.30. The molecule has 2 saturated heterocycles. The van der Waals surface area contributed by atoms with E-state index in [0.717, 1.165) is 18.6 Å². The molecule has 1 atom stereocenters. The Labute approximate surface area is 235 Å². The summed E-state index contributed by atoms with van der Waals surface area (Å²) in [5.74, 6) is 0.856. The molecule has 0 bridgehead atoms. The zero-order chi connectivity index (χ0) is 28.2. The van der Waals surface area contributed by atoms with Crippen molar-refractivity contribution in [1.82, 2.24) is 19.8 Å². The number of carbonyl (C=O) groups is 2. The highest BCUT2D eigenvalue weighted by Gasteiger charge is 2.32. The van der Waals surface area contributed by atoms with Crippen LogP contribution in [0.3, 0.4) is 0 Å². The topological polar surface area (TPSA) is 72.9 Å². The molecule has 0 radical (unpaired) electrons. The van der Waals surface area contributed by atoms with E-state index in [1.807, 2.05) is 23.6 Å². The van der Waals surface area contributed by atoms with E-state index >= 15 is 0 Å². The van der Waals surface area contributed by atoms with Crippen molar-refractivity contribution >= 4 is 46.7 Å². The van der Waals surface area contributed by atoms with Gasteiger partial charge in [0.2, 0.25) is 11.8 Å². The van der Waals surface area contributed by atoms with Crippen LogP contribution < -0.4 is 9.80 Å². The molecule has 8 nitrogen and oxygen atoms in total. The molecule has 1 unspecified atom stereocenters. The fourth-order valence-corrected chi connectivity index (χ4v) is 5.80. The molecule has 2 fully saturated rings. The van der Waals surface area contributed by atoms with Crippen LogP contribution in [-0.4, -0.2) is 89.2 Å². The van der Waals surface area contributed by atoms with Crippen LogP contribution in [-0.2, 0) is 15.8 Å². The standard InChI is InChI=1S/C26H32ClF3N6O2S/c1-3-5-23(37)36-13-12-35(16-18(36)2)22-15-21(27)31-25(32-22)39-17-24(38)34-10-8-33(9-11-34)20-7-4-6-19(14-20)26(28,29)30/h4,6-7,14-15,18H,3,5,8-13,16-17H2,1-2H3. The number of thioether (sulfide) groups is 1. The molecule has 0 N–H and O–H groups in total. The van der Waals surface area contributed by atoms with Gasteiger partial charge in [0.25, 0.3) is 0 Å². The summed E-state index contributed by atoms with van der Waals surface area (Å²) in [7, 11) is 0. The highest BCUT2D eigenvalue weighted by molar-refractivity contribution is 7.99. The van der Waals surface area contributed by atoms with E-state index in [9.17, 15) is 22.8 Å². The van der Waals surface area contributed by atoms with Gasteiger partial charge in [-0.05, 0) is 31.5 Å². The number of nitrogens with zero attached hydrogens (tertiary/aromatic N) is 6. The van der Waals surface area contributed by atoms with Crippen LogP contribution in [0, 0.1) is 0 Å². The molecule has 2 amide bonds. The largest absolute Gasteiger partial charge is 0.416 e. The Morgan fingerprint density at radius 1 is 1.03 bits per heavy atom. The number of halogens is 4. The van der Waals surface area contributed by atoms with Crippen LogP contribution in [0.4, 0.5) is 24.7 Å². The van der Waals surface area contributed by atoms with Crippen molar-refractivity contribution in [1.29, 1.82) is 0 Å². The van der Waals surface area contributed by atoms with E-state index < -0.39 is 11.7 Å². The Bertz CT molecular complexity index is 1180. The number of rotatable bonds is 7. The number of hydrogen-bond acceptors (Lipinski definition) is 7. The molecule has 2 aliphatic rings. The Morgan fingerprint density at radius 3 is 2.41 bits per heavy atom. The number of anilines is 2. The van der Waals surface area contributed by atoms with Crippen molar-refractivity contribution in [2.45, 2.75) is 44.1 Å². The van der Waals surface area contributed by atoms with Crippen LogP contribution in [0.25, 0.3) is 0 Å². The fraction of sp³-hybridized carbons (Fsp3) is 0.538. The van der Waals surface area contributed by atoms with Crippen molar-refractivity contribution in [2.24, 2.45) is 0 Å². The lowest BCUT2D eigenvalue weighted by atomic mass is 10.1. The number of aromatic nitrogens is 2. The van der Waals surface area contributed by atoms with Crippen LogP contribution in [0.1, 0.15) is 32.3 Å². The third-order valence-corrected chi connectivity index (χ3v) is 7.92. The van der Waals surface area contributed by atoms with Gasteiger partial charge in [-0.3, -0.25) is 9.59 Å². The summed E-state index contributed by atoms with van der Waals surface area (Å²) in [6.45, 7) is 7.59. The van der Waals surface area contributed by atoms with Gasteiger partial charge < -0.3 is 19.6 Å². The maximum Gasteiger partial charge on any atom is 0.416 e. The van der Waals surface area contributed by atoms with Crippen LogP contribution >= 0.6 is 23.4 Å². The normalized spacial score (nSPS) is 18.5. The minimum Gasteiger partial charge on any atom is -0.368 e. The van der Waals surface area contributed by atoms with Crippen LogP contribution in [0.15, 0.2) is 35.5 Å². The van der Waals surface area contributed by atoms with Gasteiger partial charge in [0.15, 0.2) is 5.16 Å². The first-order chi connectivity index (χ1) is 18.5. The molecule has 2 aromatic rings. The zero-order valence-electron chi connectivity index (χ0n) is 22.0. The quantitative estimate of drug-likeness (QED) is 0.271. The smallest absolute Gasteiger partial charge is 0.368 e. The molecule has 13 heteroatoms. The van der Waals surface area contributed by atoms with Crippen molar-refractivity contribution < 1.29 is 22.8 Å². The van der Waals surface area contributed by atoms with Gasteiger partial charge in [-0.2, -0.15) is 13.2 Å². The molecule has 0 saturated carbocycles. The summed E-state index contributed by atoms with van der Waals surface area (Å²) < 4.78 is 39.2. The SMILES string of the molecule is CCCC(=O)N1CCN(c2cc(Cl)nc(SCC(=O)N3CCN(c4cccc(C(F)(F)F)c4)CC3)n2)CC1C. The van der Waals surface area contributed by atoms with E-state index in [1.54, 1.807) is 17.0 Å². The summed E-state index contributed by atoms with van der Waals surface area (Å²) >= 11 is 7.48. The van der Waals surface area contributed by atoms with Crippen LogP contribution in [0.2, 0.25) is 5.15 Å². The summed E-state index contributed by atoms with van der Waals surface area (Å²) in [5, 5.41) is 0.674. The van der Waals surface area contributed by atoms with Crippen LogP contribution in [0.5, 0.6) is 0 Å². The van der Waals surface area contributed by atoms with E-state index in [-0.39, 0.29) is 28.8 Å². The zero-order valence-corrected chi connectivity index (χ0v) is 23.5. The number of alkyl halides is 3. The van der Waals surface area contributed by atoms with Gasteiger partial charge in [-0.15, -0.1) is 0 Å². The molecule has 3 heterocycles. The van der Waals surface area contributed by atoms with E-state index in [1.165, 1.54) is 17.8 Å². The molecule has 1 aromatic carbocycles. The predicted molar refractivity (Wildman–Crippen MR) is 146 cm³/mol. The molecule has 39 heavy (non-hydrogen) atoms. The van der Waals surface area contributed by atoms with Crippen molar-refractivity contribution in [3.8, 4) is 0 Å². The van der Waals surface area contributed by atoms with Gasteiger partial charge in [0.05, 0.1) is 11.3 Å². The number of benzene rings is 1. The van der Waals surface area contributed by atoms with Gasteiger partial charge in [-0.1, -0.05) is 36.4 Å². The van der Waals surface area contributed by atoms with E-state index in [4.69, 9.17) is 11.6 Å². The second kappa shape index (κ2) is 12.6. The highest BCUT2D eigenvalue weighted by atomic mass is 35.5. The lowest BCUT2D eigenvalue weighted by Crippen LogP contribution is -2.54. The molecular formula is C26H32ClF3N6O2S. The first-order valence-electron chi connectivity index (χ1n) is 13.0. The first kappa shape index (κ1) is 29.3. The Kier molecular flexibility index (Phi) is 9.47. The van der Waals surface area contributed by atoms with E-state index in [2.05, 4.69) is 14.9 Å². The highest BCUT2D eigenvalue weighted by Crippen LogP contribution is 2.32. The molecular weight excluding hydrogens is 553 g/mol. The lowest BCUT2D eigenvalue weighted by molar-refractivity contribution is -0.137. The monoisotopic (exact) mass is 584 g/mol. The average molecular weight is 585 g/mol. The van der Waals surface area contributed by atoms with Gasteiger partial charge in [0, 0.05) is 70.0 Å². The van der Waals surface area contributed by atoms with Crippen molar-refractivity contribution in [3.63, 3.8) is 0 Å². The second-order valence-electron chi connectivity index (χ2n) is 9.67. The third-order valence-electron chi connectivity index (χ3n) is 6.89. The van der Waals surface area contributed by atoms with Gasteiger partial charge >= 0.3 is 6.18 Å². The average Bonchev–Trinajstić information content (AvgIpc) is 2.91. The Morgan fingerprint density at radius 2 is 1.74 bits per heavy atom. The molecule has 1 aromatic heterocycles. The lowest BCUT2D eigenvalue weighted by Gasteiger charge is -2.40. The van der Waals surface area contributed by atoms with Gasteiger partial charge in [-0.25, -0.2) is 9.97 Å². The molecule has 0 aliphatic carbocycles. The van der Waals surface area contributed by atoms with Crippen molar-refractivity contribution in [2.75, 3.05) is 61.4 Å². The molecule has 4 rings (SSSR count).